The Kier molecular flexibility index (Phi) is 6.18. The maximum absolute atomic E-state index is 12.6. The summed E-state index contributed by atoms with van der Waals surface area (Å²) in [6.07, 6.45) is 8.38. The summed E-state index contributed by atoms with van der Waals surface area (Å²) >= 11 is 0. The van der Waals surface area contributed by atoms with Gasteiger partial charge in [0.25, 0.3) is 0 Å². The largest absolute Gasteiger partial charge is 0.373 e. The van der Waals surface area contributed by atoms with Crippen LogP contribution in [0.4, 0.5) is 0 Å². The summed E-state index contributed by atoms with van der Waals surface area (Å²) in [6, 6.07) is 0.928. The predicted octanol–water partition coefficient (Wildman–Crippen LogP) is 0.806. The Hall–Kier alpha value is -1.34. The van der Waals surface area contributed by atoms with Crippen LogP contribution < -0.4 is 10.6 Å². The molecule has 2 N–H and O–H groups in total. The van der Waals surface area contributed by atoms with E-state index >= 15 is 0 Å². The number of carbonyl (C=O) groups is 1. The van der Waals surface area contributed by atoms with Gasteiger partial charge in [-0.3, -0.25) is 14.7 Å². The van der Waals surface area contributed by atoms with Crippen LogP contribution in [-0.2, 0) is 9.53 Å². The molecule has 0 bridgehead atoms. The van der Waals surface area contributed by atoms with Crippen molar-refractivity contribution in [2.24, 2.45) is 10.9 Å². The van der Waals surface area contributed by atoms with Crippen molar-refractivity contribution < 1.29 is 9.53 Å². The van der Waals surface area contributed by atoms with E-state index in [1.165, 1.54) is 32.2 Å². The van der Waals surface area contributed by atoms with Gasteiger partial charge in [0, 0.05) is 51.2 Å². The predicted molar refractivity (Wildman–Crippen MR) is 106 cm³/mol. The second-order valence-electron chi connectivity index (χ2n) is 8.60. The van der Waals surface area contributed by atoms with Crippen LogP contribution in [0.25, 0.3) is 0 Å². The van der Waals surface area contributed by atoms with Crippen LogP contribution in [0, 0.1) is 5.92 Å². The van der Waals surface area contributed by atoms with E-state index in [1.807, 2.05) is 7.05 Å². The third-order valence-electron chi connectivity index (χ3n) is 6.73. The summed E-state index contributed by atoms with van der Waals surface area (Å²) in [5, 5.41) is 6.93. The first kappa shape index (κ1) is 19.0. The van der Waals surface area contributed by atoms with Crippen LogP contribution in [0.1, 0.15) is 44.9 Å². The topological polar surface area (TPSA) is 69.2 Å². The normalized spacial score (nSPS) is 32.7. The van der Waals surface area contributed by atoms with E-state index in [0.717, 1.165) is 58.0 Å². The number of nitrogens with one attached hydrogen (secondary N) is 2. The molecule has 4 aliphatic rings. The lowest BCUT2D eigenvalue weighted by Crippen LogP contribution is -2.52. The molecule has 1 amide bonds. The highest BCUT2D eigenvalue weighted by Crippen LogP contribution is 2.28. The second kappa shape index (κ2) is 8.78. The lowest BCUT2D eigenvalue weighted by atomic mass is 10.1. The Morgan fingerprint density at radius 1 is 1.11 bits per heavy atom. The maximum atomic E-state index is 12.6. The molecule has 1 aliphatic carbocycles. The minimum absolute atomic E-state index is 0.224. The van der Waals surface area contributed by atoms with Gasteiger partial charge in [-0.25, -0.2) is 0 Å². The fourth-order valence-electron chi connectivity index (χ4n) is 5.12. The number of likely N-dealkylation sites (tertiary alicyclic amines) is 1. The second-order valence-corrected chi connectivity index (χ2v) is 8.60. The van der Waals surface area contributed by atoms with E-state index in [2.05, 4.69) is 25.4 Å². The first-order valence-electron chi connectivity index (χ1n) is 10.8. The molecule has 0 spiro atoms. The molecule has 3 atom stereocenters. The SMILES string of the molecule is CN=C(NCC1CN2CCCC2CO1)NC1CCN(C(=O)C2CCCC2)C1. The van der Waals surface area contributed by atoms with Crippen molar-refractivity contribution in [1.29, 1.82) is 0 Å². The molecule has 0 aromatic carbocycles. The third kappa shape index (κ3) is 4.57. The van der Waals surface area contributed by atoms with Crippen molar-refractivity contribution in [2.45, 2.75) is 63.1 Å². The molecule has 0 aromatic heterocycles. The van der Waals surface area contributed by atoms with E-state index in [9.17, 15) is 4.79 Å². The monoisotopic (exact) mass is 377 g/mol. The van der Waals surface area contributed by atoms with E-state index < -0.39 is 0 Å². The van der Waals surface area contributed by atoms with Crippen LogP contribution in [0.15, 0.2) is 4.99 Å². The molecular formula is C20H35N5O2. The summed E-state index contributed by atoms with van der Waals surface area (Å²) in [6.45, 7) is 5.53. The quantitative estimate of drug-likeness (QED) is 0.560. The third-order valence-corrected chi connectivity index (χ3v) is 6.73. The molecule has 7 nitrogen and oxygen atoms in total. The molecule has 4 fully saturated rings. The summed E-state index contributed by atoms with van der Waals surface area (Å²) in [5.74, 6) is 1.47. The number of rotatable bonds is 4. The van der Waals surface area contributed by atoms with E-state index in [0.29, 0.717) is 11.9 Å². The van der Waals surface area contributed by atoms with Crippen LogP contribution >= 0.6 is 0 Å². The number of morpholine rings is 1. The molecule has 152 valence electrons. The number of fused-ring (bicyclic) bond motifs is 1. The molecular weight excluding hydrogens is 342 g/mol. The highest BCUT2D eigenvalue weighted by molar-refractivity contribution is 5.81. The number of carbonyl (C=O) groups excluding carboxylic acids is 1. The average molecular weight is 378 g/mol. The van der Waals surface area contributed by atoms with Gasteiger partial charge in [-0.15, -0.1) is 0 Å². The molecule has 0 aromatic rings. The number of aliphatic imine (C=N–C) groups is 1. The van der Waals surface area contributed by atoms with Gasteiger partial charge in [-0.05, 0) is 38.6 Å². The zero-order valence-electron chi connectivity index (χ0n) is 16.7. The molecule has 3 saturated heterocycles. The Morgan fingerprint density at radius 3 is 2.78 bits per heavy atom. The molecule has 3 heterocycles. The van der Waals surface area contributed by atoms with Crippen LogP contribution in [-0.4, -0.2) is 86.2 Å². The first-order valence-corrected chi connectivity index (χ1v) is 10.8. The fraction of sp³-hybridized carbons (Fsp3) is 0.900. The summed E-state index contributed by atoms with van der Waals surface area (Å²) in [5.41, 5.74) is 0. The fourth-order valence-corrected chi connectivity index (χ4v) is 5.12. The van der Waals surface area contributed by atoms with Gasteiger partial charge in [0.15, 0.2) is 5.96 Å². The number of amides is 1. The van der Waals surface area contributed by atoms with Crippen molar-refractivity contribution in [2.75, 3.05) is 46.4 Å². The van der Waals surface area contributed by atoms with Gasteiger partial charge in [0.2, 0.25) is 5.91 Å². The van der Waals surface area contributed by atoms with Gasteiger partial charge < -0.3 is 20.3 Å². The molecule has 3 unspecified atom stereocenters. The Labute approximate surface area is 162 Å². The molecule has 0 radical (unpaired) electrons. The van der Waals surface area contributed by atoms with Crippen molar-refractivity contribution in [3.05, 3.63) is 0 Å². The smallest absolute Gasteiger partial charge is 0.225 e. The van der Waals surface area contributed by atoms with Gasteiger partial charge in [0.05, 0.1) is 12.7 Å². The number of hydrogen-bond acceptors (Lipinski definition) is 4. The van der Waals surface area contributed by atoms with E-state index in [4.69, 9.17) is 4.74 Å². The Morgan fingerprint density at radius 2 is 1.96 bits per heavy atom. The summed E-state index contributed by atoms with van der Waals surface area (Å²) in [7, 11) is 1.81. The van der Waals surface area contributed by atoms with Crippen molar-refractivity contribution in [3.63, 3.8) is 0 Å². The highest BCUT2D eigenvalue weighted by atomic mass is 16.5. The van der Waals surface area contributed by atoms with Gasteiger partial charge in [-0.2, -0.15) is 0 Å². The minimum atomic E-state index is 0.224. The number of nitrogens with zero attached hydrogens (tertiary/aromatic N) is 3. The Bertz CT molecular complexity index is 548. The van der Waals surface area contributed by atoms with Crippen LogP contribution in [0.2, 0.25) is 0 Å². The maximum Gasteiger partial charge on any atom is 0.225 e. The standard InChI is InChI=1S/C20H35N5O2/c1-21-20(22-11-18-13-24-9-4-7-17(24)14-27-18)23-16-8-10-25(12-16)19(26)15-5-2-3-6-15/h15-18H,2-14H2,1H3,(H2,21,22,23). The van der Waals surface area contributed by atoms with Crippen LogP contribution in [0.3, 0.4) is 0 Å². The molecule has 4 rings (SSSR count). The van der Waals surface area contributed by atoms with Gasteiger partial charge in [-0.1, -0.05) is 12.8 Å². The van der Waals surface area contributed by atoms with Crippen molar-refractivity contribution >= 4 is 11.9 Å². The summed E-state index contributed by atoms with van der Waals surface area (Å²) in [4.78, 5) is 21.6. The first-order chi connectivity index (χ1) is 13.2. The Balaban J connectivity index is 1.19. The molecule has 7 heteroatoms. The van der Waals surface area contributed by atoms with Gasteiger partial charge in [0.1, 0.15) is 0 Å². The molecule has 27 heavy (non-hydrogen) atoms. The molecule has 3 aliphatic heterocycles. The number of ether oxygens (including phenoxy) is 1. The zero-order chi connectivity index (χ0) is 18.6. The number of guanidine groups is 1. The molecule has 1 saturated carbocycles. The van der Waals surface area contributed by atoms with Crippen molar-refractivity contribution in [3.8, 4) is 0 Å². The van der Waals surface area contributed by atoms with Crippen LogP contribution in [0.5, 0.6) is 0 Å². The number of hydrogen-bond donors (Lipinski definition) is 2. The highest BCUT2D eigenvalue weighted by Gasteiger charge is 2.34. The zero-order valence-corrected chi connectivity index (χ0v) is 16.7. The minimum Gasteiger partial charge on any atom is -0.373 e. The lowest BCUT2D eigenvalue weighted by Gasteiger charge is -2.35. The average Bonchev–Trinajstić information content (AvgIpc) is 3.45. The van der Waals surface area contributed by atoms with Crippen molar-refractivity contribution in [1.82, 2.24) is 20.4 Å². The summed E-state index contributed by atoms with van der Waals surface area (Å²) < 4.78 is 6.02. The lowest BCUT2D eigenvalue weighted by molar-refractivity contribution is -0.134. The van der Waals surface area contributed by atoms with Gasteiger partial charge >= 0.3 is 0 Å². The van der Waals surface area contributed by atoms with E-state index in [1.54, 1.807) is 0 Å². The van der Waals surface area contributed by atoms with E-state index in [-0.39, 0.29) is 18.1 Å².